The highest BCUT2D eigenvalue weighted by Crippen LogP contribution is 2.41. The van der Waals surface area contributed by atoms with Crippen LogP contribution in [0.15, 0.2) is 109 Å². The van der Waals surface area contributed by atoms with Gasteiger partial charge in [-0.2, -0.15) is 0 Å². The zero-order valence-corrected chi connectivity index (χ0v) is 18.7. The highest BCUT2D eigenvalue weighted by Gasteiger charge is 2.20. The molecule has 4 heterocycles. The Morgan fingerprint density at radius 1 is 0.543 bits per heavy atom. The monoisotopic (exact) mass is 446 g/mol. The minimum absolute atomic E-state index is 0.712. The van der Waals surface area contributed by atoms with Crippen LogP contribution in [0.3, 0.4) is 0 Å². The lowest BCUT2D eigenvalue weighted by atomic mass is 10.0. The molecule has 0 radical (unpaired) electrons. The summed E-state index contributed by atoms with van der Waals surface area (Å²) >= 11 is 0. The van der Waals surface area contributed by atoms with Gasteiger partial charge in [-0.25, -0.2) is 9.97 Å². The Labute approximate surface area is 200 Å². The SMILES string of the molecule is c1ccc(-c2nc(-c3cc4c5ccccc5n5c6ccccc6c(c3)c45)nc3cccnc23)cc1. The van der Waals surface area contributed by atoms with Crippen LogP contribution in [0, 0.1) is 0 Å². The van der Waals surface area contributed by atoms with E-state index in [0.717, 1.165) is 27.9 Å². The minimum atomic E-state index is 0.712. The van der Waals surface area contributed by atoms with Crippen molar-refractivity contribution in [2.45, 2.75) is 0 Å². The molecule has 8 aromatic rings. The standard InChI is InChI=1S/C31H18N4/c1-2-9-19(10-3-1)28-29-25(13-8-16-32-29)33-31(34-28)20-17-23-21-11-4-6-14-26(21)35-27-15-7-5-12-22(27)24(18-20)30(23)35/h1-18H. The van der Waals surface area contributed by atoms with E-state index >= 15 is 0 Å². The van der Waals surface area contributed by atoms with Crippen molar-refractivity contribution in [2.24, 2.45) is 0 Å². The van der Waals surface area contributed by atoms with Crippen molar-refractivity contribution in [1.82, 2.24) is 19.4 Å². The first-order chi connectivity index (χ1) is 17.4. The molecule has 4 aromatic heterocycles. The lowest BCUT2D eigenvalue weighted by molar-refractivity contribution is 1.21. The Balaban J connectivity index is 1.51. The summed E-state index contributed by atoms with van der Waals surface area (Å²) in [6.45, 7) is 0. The average Bonchev–Trinajstić information content (AvgIpc) is 3.44. The molecule has 4 heteroatoms. The number of nitrogens with zero attached hydrogens (tertiary/aromatic N) is 4. The van der Waals surface area contributed by atoms with Crippen molar-refractivity contribution in [3.8, 4) is 22.6 Å². The van der Waals surface area contributed by atoms with Crippen LogP contribution in [0.25, 0.3) is 71.8 Å². The molecule has 0 amide bonds. The van der Waals surface area contributed by atoms with E-state index in [2.05, 4.69) is 82.2 Å². The number of fused-ring (bicyclic) bond motifs is 7. The van der Waals surface area contributed by atoms with E-state index in [-0.39, 0.29) is 0 Å². The summed E-state index contributed by atoms with van der Waals surface area (Å²) in [6.07, 6.45) is 1.80. The molecule has 0 fully saturated rings. The smallest absolute Gasteiger partial charge is 0.160 e. The molecule has 0 aliphatic rings. The van der Waals surface area contributed by atoms with Gasteiger partial charge < -0.3 is 4.40 Å². The zero-order chi connectivity index (χ0) is 22.9. The Hall–Kier alpha value is -4.83. The van der Waals surface area contributed by atoms with E-state index in [9.17, 15) is 0 Å². The molecule has 0 saturated heterocycles. The molecule has 0 atom stereocenters. The summed E-state index contributed by atoms with van der Waals surface area (Å²) in [5, 5.41) is 4.93. The normalized spacial score (nSPS) is 12.0. The second-order valence-corrected chi connectivity index (χ2v) is 8.92. The predicted molar refractivity (Wildman–Crippen MR) is 143 cm³/mol. The summed E-state index contributed by atoms with van der Waals surface area (Å²) in [5.74, 6) is 0.712. The van der Waals surface area contributed by atoms with Crippen LogP contribution < -0.4 is 0 Å². The third-order valence-corrected chi connectivity index (χ3v) is 6.96. The summed E-state index contributed by atoms with van der Waals surface area (Å²) in [7, 11) is 0. The van der Waals surface area contributed by atoms with Gasteiger partial charge in [0.25, 0.3) is 0 Å². The number of aromatic nitrogens is 4. The van der Waals surface area contributed by atoms with E-state index in [4.69, 9.17) is 9.97 Å². The maximum absolute atomic E-state index is 5.08. The highest BCUT2D eigenvalue weighted by atomic mass is 14.9. The van der Waals surface area contributed by atoms with E-state index in [0.29, 0.717) is 5.82 Å². The van der Waals surface area contributed by atoms with Crippen molar-refractivity contribution in [1.29, 1.82) is 0 Å². The molecule has 0 spiro atoms. The van der Waals surface area contributed by atoms with Crippen LogP contribution in [-0.2, 0) is 0 Å². The van der Waals surface area contributed by atoms with E-state index in [1.807, 2.05) is 30.3 Å². The molecule has 4 aromatic carbocycles. The Morgan fingerprint density at radius 3 is 1.91 bits per heavy atom. The molecule has 0 aliphatic carbocycles. The molecule has 35 heavy (non-hydrogen) atoms. The number of hydrogen-bond donors (Lipinski definition) is 0. The van der Waals surface area contributed by atoms with Gasteiger partial charge >= 0.3 is 0 Å². The fraction of sp³-hybridized carbons (Fsp3) is 0. The van der Waals surface area contributed by atoms with Gasteiger partial charge in [-0.05, 0) is 36.4 Å². The average molecular weight is 447 g/mol. The fourth-order valence-corrected chi connectivity index (χ4v) is 5.47. The number of para-hydroxylation sites is 2. The van der Waals surface area contributed by atoms with Gasteiger partial charge in [0.15, 0.2) is 5.82 Å². The molecular formula is C31H18N4. The molecule has 162 valence electrons. The molecule has 0 N–H and O–H groups in total. The van der Waals surface area contributed by atoms with Crippen molar-refractivity contribution >= 4 is 49.1 Å². The molecule has 0 aliphatic heterocycles. The predicted octanol–water partition coefficient (Wildman–Crippen LogP) is 7.51. The Morgan fingerprint density at radius 2 is 1.20 bits per heavy atom. The summed E-state index contributed by atoms with van der Waals surface area (Å²) in [4.78, 5) is 14.7. The van der Waals surface area contributed by atoms with Gasteiger partial charge in [0.1, 0.15) is 11.2 Å². The van der Waals surface area contributed by atoms with Gasteiger partial charge in [0.05, 0.1) is 22.1 Å². The largest absolute Gasteiger partial charge is 0.308 e. The van der Waals surface area contributed by atoms with Crippen molar-refractivity contribution in [3.05, 3.63) is 109 Å². The lowest BCUT2D eigenvalue weighted by Gasteiger charge is -2.09. The topological polar surface area (TPSA) is 43.1 Å². The second-order valence-electron chi connectivity index (χ2n) is 8.92. The first-order valence-corrected chi connectivity index (χ1v) is 11.7. The number of hydrogen-bond acceptors (Lipinski definition) is 3. The number of rotatable bonds is 2. The zero-order valence-electron chi connectivity index (χ0n) is 18.7. The summed E-state index contributed by atoms with van der Waals surface area (Å²) < 4.78 is 2.39. The third kappa shape index (κ3) is 2.53. The Kier molecular flexibility index (Phi) is 3.63. The molecule has 0 unspecified atom stereocenters. The van der Waals surface area contributed by atoms with Gasteiger partial charge in [-0.15, -0.1) is 0 Å². The first kappa shape index (κ1) is 18.6. The van der Waals surface area contributed by atoms with Crippen LogP contribution in [0.1, 0.15) is 0 Å². The summed E-state index contributed by atoms with van der Waals surface area (Å²) in [5.41, 5.74) is 8.25. The molecule has 0 saturated carbocycles. The molecule has 8 rings (SSSR count). The van der Waals surface area contributed by atoms with Crippen molar-refractivity contribution < 1.29 is 0 Å². The lowest BCUT2D eigenvalue weighted by Crippen LogP contribution is -1.96. The minimum Gasteiger partial charge on any atom is -0.308 e. The van der Waals surface area contributed by atoms with Gasteiger partial charge in [0.2, 0.25) is 0 Å². The van der Waals surface area contributed by atoms with Gasteiger partial charge in [-0.3, -0.25) is 4.98 Å². The number of benzene rings is 4. The van der Waals surface area contributed by atoms with Crippen LogP contribution in [0.2, 0.25) is 0 Å². The third-order valence-electron chi connectivity index (χ3n) is 6.96. The van der Waals surface area contributed by atoms with Crippen LogP contribution in [0.4, 0.5) is 0 Å². The van der Waals surface area contributed by atoms with Crippen LogP contribution >= 0.6 is 0 Å². The van der Waals surface area contributed by atoms with Gasteiger partial charge in [0, 0.05) is 38.9 Å². The fourth-order valence-electron chi connectivity index (χ4n) is 5.47. The molecule has 4 nitrogen and oxygen atoms in total. The van der Waals surface area contributed by atoms with E-state index in [1.165, 1.54) is 38.1 Å². The van der Waals surface area contributed by atoms with Crippen LogP contribution in [-0.4, -0.2) is 19.4 Å². The second kappa shape index (κ2) is 6.84. The van der Waals surface area contributed by atoms with Crippen molar-refractivity contribution in [2.75, 3.05) is 0 Å². The Bertz CT molecular complexity index is 1970. The van der Waals surface area contributed by atoms with Crippen LogP contribution in [0.5, 0.6) is 0 Å². The van der Waals surface area contributed by atoms with E-state index < -0.39 is 0 Å². The maximum atomic E-state index is 5.08. The molecular weight excluding hydrogens is 428 g/mol. The quantitative estimate of drug-likeness (QED) is 0.276. The van der Waals surface area contributed by atoms with Gasteiger partial charge in [-0.1, -0.05) is 66.7 Å². The summed E-state index contributed by atoms with van der Waals surface area (Å²) in [6, 6.07) is 35.9. The highest BCUT2D eigenvalue weighted by molar-refractivity contribution is 6.24. The van der Waals surface area contributed by atoms with Crippen molar-refractivity contribution in [3.63, 3.8) is 0 Å². The van der Waals surface area contributed by atoms with E-state index in [1.54, 1.807) is 6.20 Å². The molecule has 0 bridgehead atoms. The first-order valence-electron chi connectivity index (χ1n) is 11.7. The maximum Gasteiger partial charge on any atom is 0.160 e. The number of pyridine rings is 1.